The number of hydrogen-bond acceptors (Lipinski definition) is 2. The zero-order valence-electron chi connectivity index (χ0n) is 12.3. The molecule has 0 fully saturated rings. The fourth-order valence-electron chi connectivity index (χ4n) is 1.83. The second kappa shape index (κ2) is 6.31. The van der Waals surface area contributed by atoms with Gasteiger partial charge in [-0.3, -0.25) is 4.79 Å². The first kappa shape index (κ1) is 14.9. The summed E-state index contributed by atoms with van der Waals surface area (Å²) in [6, 6.07) is 11.3. The minimum Gasteiger partial charge on any atom is -0.267 e. The van der Waals surface area contributed by atoms with Crippen LogP contribution in [0.4, 0.5) is 4.39 Å². The van der Waals surface area contributed by atoms with Crippen molar-refractivity contribution in [3.63, 3.8) is 0 Å². The molecule has 2 rings (SSSR count). The molecular weight excluding hydrogens is 267 g/mol. The van der Waals surface area contributed by atoms with Gasteiger partial charge in [-0.25, -0.2) is 9.82 Å². The average Bonchev–Trinajstić information content (AvgIpc) is 2.48. The van der Waals surface area contributed by atoms with Crippen LogP contribution in [0.3, 0.4) is 0 Å². The Hall–Kier alpha value is -2.49. The van der Waals surface area contributed by atoms with Gasteiger partial charge in [-0.1, -0.05) is 12.1 Å². The molecule has 0 saturated heterocycles. The summed E-state index contributed by atoms with van der Waals surface area (Å²) in [5, 5.41) is 4.09. The third kappa shape index (κ3) is 3.75. The van der Waals surface area contributed by atoms with Crippen molar-refractivity contribution in [1.82, 2.24) is 5.43 Å². The van der Waals surface area contributed by atoms with Crippen molar-refractivity contribution in [3.05, 3.63) is 70.5 Å². The molecule has 1 amide bonds. The standard InChI is InChI=1S/C17H17FN2O/c1-11-4-5-15(10-12(11)2)13(3)19-20-17(21)14-6-8-16(18)9-7-14/h4-10H,1-3H3,(H,20,21). The average molecular weight is 284 g/mol. The van der Waals surface area contributed by atoms with E-state index in [-0.39, 0.29) is 11.7 Å². The maximum Gasteiger partial charge on any atom is 0.271 e. The highest BCUT2D eigenvalue weighted by Crippen LogP contribution is 2.10. The quantitative estimate of drug-likeness (QED) is 0.679. The highest BCUT2D eigenvalue weighted by Gasteiger charge is 2.05. The van der Waals surface area contributed by atoms with Crippen molar-refractivity contribution in [2.45, 2.75) is 20.8 Å². The third-order valence-electron chi connectivity index (χ3n) is 3.36. The van der Waals surface area contributed by atoms with Crippen molar-refractivity contribution in [1.29, 1.82) is 0 Å². The summed E-state index contributed by atoms with van der Waals surface area (Å²) in [5.41, 5.74) is 6.90. The van der Waals surface area contributed by atoms with E-state index in [1.807, 2.05) is 39.0 Å². The molecule has 0 bridgehead atoms. The molecule has 0 aliphatic heterocycles. The summed E-state index contributed by atoms with van der Waals surface area (Å²) in [6.45, 7) is 5.90. The Morgan fingerprint density at radius 1 is 1.00 bits per heavy atom. The van der Waals surface area contributed by atoms with Crippen LogP contribution in [0.15, 0.2) is 47.6 Å². The lowest BCUT2D eigenvalue weighted by atomic mass is 10.0. The molecular formula is C17H17FN2O. The number of benzene rings is 2. The molecule has 0 radical (unpaired) electrons. The van der Waals surface area contributed by atoms with Crippen molar-refractivity contribution in [3.8, 4) is 0 Å². The van der Waals surface area contributed by atoms with Gasteiger partial charge in [0.1, 0.15) is 5.82 Å². The van der Waals surface area contributed by atoms with E-state index in [1.165, 1.54) is 35.4 Å². The number of halogens is 1. The lowest BCUT2D eigenvalue weighted by Crippen LogP contribution is -2.19. The van der Waals surface area contributed by atoms with Crippen LogP contribution in [-0.2, 0) is 0 Å². The summed E-state index contributed by atoms with van der Waals surface area (Å²) < 4.78 is 12.8. The van der Waals surface area contributed by atoms with Crippen LogP contribution >= 0.6 is 0 Å². The second-order valence-corrected chi connectivity index (χ2v) is 4.94. The molecule has 4 heteroatoms. The molecule has 0 unspecified atom stereocenters. The van der Waals surface area contributed by atoms with E-state index in [9.17, 15) is 9.18 Å². The molecule has 3 nitrogen and oxygen atoms in total. The van der Waals surface area contributed by atoms with E-state index >= 15 is 0 Å². The van der Waals surface area contributed by atoms with Crippen LogP contribution < -0.4 is 5.43 Å². The van der Waals surface area contributed by atoms with E-state index in [0.717, 1.165) is 5.56 Å². The molecule has 0 spiro atoms. The molecule has 0 saturated carbocycles. The van der Waals surface area contributed by atoms with Crippen LogP contribution in [0, 0.1) is 19.7 Å². The van der Waals surface area contributed by atoms with Gasteiger partial charge in [-0.05, 0) is 67.8 Å². The smallest absolute Gasteiger partial charge is 0.267 e. The molecule has 1 N–H and O–H groups in total. The summed E-state index contributed by atoms with van der Waals surface area (Å²) in [4.78, 5) is 11.9. The third-order valence-corrected chi connectivity index (χ3v) is 3.36. The number of amides is 1. The number of hydrazone groups is 1. The van der Waals surface area contributed by atoms with Gasteiger partial charge in [-0.15, -0.1) is 0 Å². The van der Waals surface area contributed by atoms with Gasteiger partial charge in [-0.2, -0.15) is 5.10 Å². The number of aryl methyl sites for hydroxylation is 2. The highest BCUT2D eigenvalue weighted by atomic mass is 19.1. The lowest BCUT2D eigenvalue weighted by Gasteiger charge is -2.06. The number of rotatable bonds is 3. The zero-order chi connectivity index (χ0) is 15.4. The zero-order valence-corrected chi connectivity index (χ0v) is 12.3. The SMILES string of the molecule is CC(=NNC(=O)c1ccc(F)cc1)c1ccc(C)c(C)c1. The summed E-state index contributed by atoms with van der Waals surface area (Å²) >= 11 is 0. The Labute approximate surface area is 123 Å². The second-order valence-electron chi connectivity index (χ2n) is 4.94. The number of carbonyl (C=O) groups is 1. The van der Waals surface area contributed by atoms with Crippen LogP contribution in [0.2, 0.25) is 0 Å². The van der Waals surface area contributed by atoms with Gasteiger partial charge in [0.15, 0.2) is 0 Å². The normalized spacial score (nSPS) is 11.3. The van der Waals surface area contributed by atoms with Crippen LogP contribution in [0.1, 0.15) is 34.0 Å². The fourth-order valence-corrected chi connectivity index (χ4v) is 1.83. The number of hydrogen-bond donors (Lipinski definition) is 1. The summed E-state index contributed by atoms with van der Waals surface area (Å²) in [6.07, 6.45) is 0. The first-order valence-corrected chi connectivity index (χ1v) is 6.65. The number of nitrogens with zero attached hydrogens (tertiary/aromatic N) is 1. The molecule has 2 aromatic rings. The van der Waals surface area contributed by atoms with E-state index in [4.69, 9.17) is 0 Å². The van der Waals surface area contributed by atoms with Crippen molar-refractivity contribution in [2.75, 3.05) is 0 Å². The largest absolute Gasteiger partial charge is 0.271 e. The summed E-state index contributed by atoms with van der Waals surface area (Å²) in [5.74, 6) is -0.737. The monoisotopic (exact) mass is 284 g/mol. The van der Waals surface area contributed by atoms with E-state index in [0.29, 0.717) is 11.3 Å². The predicted molar refractivity (Wildman–Crippen MR) is 82.0 cm³/mol. The highest BCUT2D eigenvalue weighted by molar-refractivity contribution is 6.01. The molecule has 0 aliphatic carbocycles. The first-order valence-electron chi connectivity index (χ1n) is 6.65. The Bertz CT molecular complexity index is 690. The van der Waals surface area contributed by atoms with Crippen LogP contribution in [0.5, 0.6) is 0 Å². The van der Waals surface area contributed by atoms with Gasteiger partial charge in [0, 0.05) is 5.56 Å². The lowest BCUT2D eigenvalue weighted by molar-refractivity contribution is 0.0955. The van der Waals surface area contributed by atoms with Gasteiger partial charge in [0.25, 0.3) is 5.91 Å². The molecule has 0 aromatic heterocycles. The Kier molecular flexibility index (Phi) is 4.48. The molecule has 2 aromatic carbocycles. The Morgan fingerprint density at radius 3 is 2.24 bits per heavy atom. The number of carbonyl (C=O) groups excluding carboxylic acids is 1. The van der Waals surface area contributed by atoms with Crippen LogP contribution in [0.25, 0.3) is 0 Å². The van der Waals surface area contributed by atoms with E-state index in [2.05, 4.69) is 10.5 Å². The Balaban J connectivity index is 2.10. The molecule has 0 heterocycles. The maximum atomic E-state index is 12.8. The molecule has 0 atom stereocenters. The minimum atomic E-state index is -0.374. The first-order chi connectivity index (χ1) is 9.97. The topological polar surface area (TPSA) is 41.5 Å². The maximum absolute atomic E-state index is 12.8. The van der Waals surface area contributed by atoms with Crippen molar-refractivity contribution >= 4 is 11.6 Å². The Morgan fingerprint density at radius 2 is 1.62 bits per heavy atom. The van der Waals surface area contributed by atoms with Crippen LogP contribution in [-0.4, -0.2) is 11.6 Å². The minimum absolute atomic E-state index is 0.363. The van der Waals surface area contributed by atoms with E-state index in [1.54, 1.807) is 0 Å². The van der Waals surface area contributed by atoms with Gasteiger partial charge >= 0.3 is 0 Å². The van der Waals surface area contributed by atoms with Gasteiger partial charge in [0.2, 0.25) is 0 Å². The van der Waals surface area contributed by atoms with Crippen molar-refractivity contribution < 1.29 is 9.18 Å². The fraction of sp³-hybridized carbons (Fsp3) is 0.176. The van der Waals surface area contributed by atoms with Crippen molar-refractivity contribution in [2.24, 2.45) is 5.10 Å². The number of nitrogens with one attached hydrogen (secondary N) is 1. The van der Waals surface area contributed by atoms with Gasteiger partial charge in [0.05, 0.1) is 5.71 Å². The summed E-state index contributed by atoms with van der Waals surface area (Å²) in [7, 11) is 0. The molecule has 21 heavy (non-hydrogen) atoms. The predicted octanol–water partition coefficient (Wildman–Crippen LogP) is 3.60. The molecule has 108 valence electrons. The van der Waals surface area contributed by atoms with Gasteiger partial charge < -0.3 is 0 Å². The van der Waals surface area contributed by atoms with E-state index < -0.39 is 0 Å². The molecule has 0 aliphatic rings.